The fourth-order valence-corrected chi connectivity index (χ4v) is 2.11. The Balaban J connectivity index is 1.84. The van der Waals surface area contributed by atoms with E-state index in [1.807, 2.05) is 6.07 Å². The second-order valence-corrected chi connectivity index (χ2v) is 5.58. The zero-order valence-electron chi connectivity index (χ0n) is 13.7. The Morgan fingerprint density at radius 3 is 2.58 bits per heavy atom. The van der Waals surface area contributed by atoms with Crippen LogP contribution in [0.3, 0.4) is 0 Å². The highest BCUT2D eigenvalue weighted by Crippen LogP contribution is 2.20. The van der Waals surface area contributed by atoms with E-state index in [-0.39, 0.29) is 10.6 Å². The van der Waals surface area contributed by atoms with Gasteiger partial charge in [0.25, 0.3) is 5.91 Å². The summed E-state index contributed by atoms with van der Waals surface area (Å²) in [5.74, 6) is -1.45. The molecule has 0 aliphatic heterocycles. The fraction of sp³-hybridized carbons (Fsp3) is 0.167. The summed E-state index contributed by atoms with van der Waals surface area (Å²) in [6, 6.07) is 11.4. The number of carbonyl (C=O) groups is 2. The lowest BCUT2D eigenvalue weighted by Crippen LogP contribution is -2.31. The predicted octanol–water partition coefficient (Wildman–Crippen LogP) is 3.30. The van der Waals surface area contributed by atoms with Crippen LogP contribution in [0.1, 0.15) is 12.5 Å². The molecule has 0 heterocycles. The molecule has 0 fully saturated rings. The third kappa shape index (κ3) is 5.46. The average Bonchev–Trinajstić information content (AvgIpc) is 2.61. The number of nitrogens with one attached hydrogen (secondary N) is 1. The van der Waals surface area contributed by atoms with Crippen molar-refractivity contribution in [1.29, 1.82) is 5.26 Å². The second-order valence-electron chi connectivity index (χ2n) is 5.17. The first-order chi connectivity index (χ1) is 12.4. The smallest absolute Gasteiger partial charge is 0.344 e. The van der Waals surface area contributed by atoms with Crippen molar-refractivity contribution in [2.24, 2.45) is 0 Å². The molecule has 26 heavy (non-hydrogen) atoms. The maximum Gasteiger partial charge on any atom is 0.344 e. The topological polar surface area (TPSA) is 88.4 Å². The number of hydrogen-bond donors (Lipinski definition) is 1. The SMILES string of the molecule is C[C@H](OC(=O)COc1ccc(F)cc1)C(=O)Nc1ccc(C#N)c(Cl)c1. The fourth-order valence-electron chi connectivity index (χ4n) is 1.89. The second kappa shape index (κ2) is 8.83. The molecule has 0 spiro atoms. The van der Waals surface area contributed by atoms with Crippen molar-refractivity contribution < 1.29 is 23.5 Å². The number of rotatable bonds is 6. The van der Waals surface area contributed by atoms with Gasteiger partial charge in [0.05, 0.1) is 10.6 Å². The molecule has 2 rings (SSSR count). The van der Waals surface area contributed by atoms with Crippen molar-refractivity contribution >= 4 is 29.2 Å². The van der Waals surface area contributed by atoms with Gasteiger partial charge in [-0.1, -0.05) is 11.6 Å². The van der Waals surface area contributed by atoms with Gasteiger partial charge in [-0.15, -0.1) is 0 Å². The van der Waals surface area contributed by atoms with Gasteiger partial charge in [0.1, 0.15) is 17.6 Å². The molecule has 0 aliphatic rings. The number of ether oxygens (including phenoxy) is 2. The van der Waals surface area contributed by atoms with Crippen LogP contribution in [-0.2, 0) is 14.3 Å². The minimum Gasteiger partial charge on any atom is -0.482 e. The van der Waals surface area contributed by atoms with Crippen LogP contribution in [0, 0.1) is 17.1 Å². The van der Waals surface area contributed by atoms with Crippen molar-refractivity contribution in [3.63, 3.8) is 0 Å². The van der Waals surface area contributed by atoms with E-state index >= 15 is 0 Å². The lowest BCUT2D eigenvalue weighted by molar-refractivity contribution is -0.155. The van der Waals surface area contributed by atoms with Crippen molar-refractivity contribution in [1.82, 2.24) is 0 Å². The van der Waals surface area contributed by atoms with Gasteiger partial charge in [-0.05, 0) is 49.4 Å². The predicted molar refractivity (Wildman–Crippen MR) is 92.2 cm³/mol. The van der Waals surface area contributed by atoms with Gasteiger partial charge in [-0.25, -0.2) is 9.18 Å². The average molecular weight is 377 g/mol. The largest absolute Gasteiger partial charge is 0.482 e. The minimum atomic E-state index is -1.08. The normalized spacial score (nSPS) is 11.2. The summed E-state index contributed by atoms with van der Waals surface area (Å²) in [4.78, 5) is 23.8. The maximum atomic E-state index is 12.8. The third-order valence-corrected chi connectivity index (χ3v) is 3.52. The van der Waals surface area contributed by atoms with Crippen LogP contribution in [0.2, 0.25) is 5.02 Å². The Bertz CT molecular complexity index is 849. The molecule has 0 saturated carbocycles. The molecular weight excluding hydrogens is 363 g/mol. The molecule has 134 valence electrons. The van der Waals surface area contributed by atoms with E-state index in [9.17, 15) is 14.0 Å². The molecular formula is C18H14ClFN2O4. The summed E-state index contributed by atoms with van der Waals surface area (Å²) in [5.41, 5.74) is 0.645. The first-order valence-corrected chi connectivity index (χ1v) is 7.85. The number of esters is 1. The van der Waals surface area contributed by atoms with Crippen molar-refractivity contribution in [3.05, 3.63) is 58.9 Å². The van der Waals surface area contributed by atoms with E-state index in [1.165, 1.54) is 49.4 Å². The number of nitriles is 1. The molecule has 1 atom stereocenters. The Morgan fingerprint density at radius 1 is 1.27 bits per heavy atom. The Kier molecular flexibility index (Phi) is 6.53. The molecule has 6 nitrogen and oxygen atoms in total. The standard InChI is InChI=1S/C18H14ClFN2O4/c1-11(18(24)22-14-5-2-12(9-21)16(19)8-14)26-17(23)10-25-15-6-3-13(20)4-7-15/h2-8,11H,10H2,1H3,(H,22,24)/t11-/m0/s1. The Hall–Kier alpha value is -3.11. The first kappa shape index (κ1) is 19.2. The maximum absolute atomic E-state index is 12.8. The summed E-state index contributed by atoms with van der Waals surface area (Å²) in [6.45, 7) is 0.975. The number of carbonyl (C=O) groups excluding carboxylic acids is 2. The Labute approximate surface area is 154 Å². The molecule has 2 aromatic rings. The van der Waals surface area contributed by atoms with Crippen LogP contribution in [-0.4, -0.2) is 24.6 Å². The number of benzene rings is 2. The van der Waals surface area contributed by atoms with E-state index in [0.29, 0.717) is 11.4 Å². The van der Waals surface area contributed by atoms with E-state index in [1.54, 1.807) is 0 Å². The van der Waals surface area contributed by atoms with Crippen LogP contribution in [0.5, 0.6) is 5.75 Å². The van der Waals surface area contributed by atoms with Gasteiger partial charge < -0.3 is 14.8 Å². The summed E-state index contributed by atoms with van der Waals surface area (Å²) < 4.78 is 22.9. The number of anilines is 1. The van der Waals surface area contributed by atoms with Crippen LogP contribution < -0.4 is 10.1 Å². The molecule has 0 aliphatic carbocycles. The molecule has 0 radical (unpaired) electrons. The van der Waals surface area contributed by atoms with Crippen LogP contribution in [0.15, 0.2) is 42.5 Å². The lowest BCUT2D eigenvalue weighted by Gasteiger charge is -2.14. The van der Waals surface area contributed by atoms with Gasteiger partial charge in [0.15, 0.2) is 12.7 Å². The number of halogens is 2. The molecule has 8 heteroatoms. The molecule has 0 aromatic heterocycles. The summed E-state index contributed by atoms with van der Waals surface area (Å²) in [5, 5.41) is 11.5. The highest BCUT2D eigenvalue weighted by Gasteiger charge is 2.18. The highest BCUT2D eigenvalue weighted by molar-refractivity contribution is 6.32. The minimum absolute atomic E-state index is 0.197. The van der Waals surface area contributed by atoms with Gasteiger partial charge in [-0.2, -0.15) is 5.26 Å². The van der Waals surface area contributed by atoms with Crippen molar-refractivity contribution in [2.75, 3.05) is 11.9 Å². The first-order valence-electron chi connectivity index (χ1n) is 7.47. The van der Waals surface area contributed by atoms with Crippen molar-refractivity contribution in [3.8, 4) is 11.8 Å². The third-order valence-electron chi connectivity index (χ3n) is 3.20. The molecule has 0 unspecified atom stereocenters. The molecule has 1 amide bonds. The monoisotopic (exact) mass is 376 g/mol. The highest BCUT2D eigenvalue weighted by atomic mass is 35.5. The van der Waals surface area contributed by atoms with Gasteiger partial charge in [0.2, 0.25) is 0 Å². The molecule has 0 saturated heterocycles. The summed E-state index contributed by atoms with van der Waals surface area (Å²) in [6.07, 6.45) is -1.08. The summed E-state index contributed by atoms with van der Waals surface area (Å²) in [7, 11) is 0. The molecule has 0 bridgehead atoms. The lowest BCUT2D eigenvalue weighted by atomic mass is 10.2. The van der Waals surface area contributed by atoms with Crippen molar-refractivity contribution in [2.45, 2.75) is 13.0 Å². The van der Waals surface area contributed by atoms with Crippen LogP contribution >= 0.6 is 11.6 Å². The van der Waals surface area contributed by atoms with Crippen LogP contribution in [0.25, 0.3) is 0 Å². The summed E-state index contributed by atoms with van der Waals surface area (Å²) >= 11 is 5.89. The van der Waals surface area contributed by atoms with E-state index in [0.717, 1.165) is 0 Å². The van der Waals surface area contributed by atoms with Gasteiger partial charge in [-0.3, -0.25) is 4.79 Å². The molecule has 1 N–H and O–H groups in total. The van der Waals surface area contributed by atoms with Gasteiger partial charge in [0, 0.05) is 5.69 Å². The van der Waals surface area contributed by atoms with E-state index in [4.69, 9.17) is 26.3 Å². The number of nitrogens with zero attached hydrogens (tertiary/aromatic N) is 1. The van der Waals surface area contributed by atoms with E-state index < -0.39 is 30.4 Å². The quantitative estimate of drug-likeness (QED) is 0.781. The molecule has 2 aromatic carbocycles. The zero-order valence-corrected chi connectivity index (χ0v) is 14.4. The van der Waals surface area contributed by atoms with E-state index in [2.05, 4.69) is 5.32 Å². The zero-order chi connectivity index (χ0) is 19.1. The van der Waals surface area contributed by atoms with Crippen LogP contribution in [0.4, 0.5) is 10.1 Å². The number of amides is 1. The Morgan fingerprint density at radius 2 is 1.96 bits per heavy atom. The number of hydrogen-bond acceptors (Lipinski definition) is 5. The van der Waals surface area contributed by atoms with Gasteiger partial charge >= 0.3 is 5.97 Å².